The molecule has 0 saturated heterocycles. The zero-order valence-corrected chi connectivity index (χ0v) is 14.2. The summed E-state index contributed by atoms with van der Waals surface area (Å²) in [6.07, 6.45) is 1.55. The predicted octanol–water partition coefficient (Wildman–Crippen LogP) is 2.02. The molecule has 0 aliphatic carbocycles. The van der Waals surface area contributed by atoms with Gasteiger partial charge < -0.3 is 14.1 Å². The molecule has 0 aliphatic rings. The average molecular weight is 335 g/mol. The Morgan fingerprint density at radius 3 is 2.62 bits per heavy atom. The van der Waals surface area contributed by atoms with E-state index in [1.807, 2.05) is 4.90 Å². The van der Waals surface area contributed by atoms with Crippen LogP contribution in [-0.2, 0) is 16.1 Å². The van der Waals surface area contributed by atoms with Crippen LogP contribution in [0.5, 0.6) is 0 Å². The van der Waals surface area contributed by atoms with E-state index in [2.05, 4.69) is 4.98 Å². The van der Waals surface area contributed by atoms with Crippen molar-refractivity contribution in [2.75, 3.05) is 40.9 Å². The molecule has 0 fully saturated rings. The van der Waals surface area contributed by atoms with Gasteiger partial charge in [0, 0.05) is 39.9 Å². The fourth-order valence-corrected chi connectivity index (χ4v) is 2.10. The molecular weight excluding hydrogens is 313 g/mol. The Morgan fingerprint density at radius 1 is 1.29 bits per heavy atom. The molecule has 0 bridgehead atoms. The third-order valence-corrected chi connectivity index (χ3v) is 3.50. The van der Waals surface area contributed by atoms with Crippen molar-refractivity contribution in [2.45, 2.75) is 6.54 Å². The monoisotopic (exact) mass is 335 g/mol. The molecule has 6 nitrogen and oxygen atoms in total. The number of carbonyl (C=O) groups excluding carboxylic acids is 1. The van der Waals surface area contributed by atoms with Gasteiger partial charge in [-0.15, -0.1) is 0 Å². The number of oxazole rings is 1. The van der Waals surface area contributed by atoms with Gasteiger partial charge in [-0.3, -0.25) is 9.69 Å². The van der Waals surface area contributed by atoms with Crippen LogP contribution in [0.4, 0.5) is 4.39 Å². The smallest absolute Gasteiger partial charge is 0.236 e. The van der Waals surface area contributed by atoms with Crippen molar-refractivity contribution < 1.29 is 18.3 Å². The SMILES string of the molecule is COCCN(CC(=O)N(C)C)Cc1coc(-c2ccc(F)cc2)n1. The topological polar surface area (TPSA) is 58.8 Å². The van der Waals surface area contributed by atoms with Crippen molar-refractivity contribution >= 4 is 5.91 Å². The summed E-state index contributed by atoms with van der Waals surface area (Å²) in [5.41, 5.74) is 1.41. The Hall–Kier alpha value is -2.25. The minimum absolute atomic E-state index is 0.00774. The highest BCUT2D eigenvalue weighted by atomic mass is 19.1. The van der Waals surface area contributed by atoms with Crippen molar-refractivity contribution in [1.29, 1.82) is 0 Å². The van der Waals surface area contributed by atoms with E-state index < -0.39 is 0 Å². The van der Waals surface area contributed by atoms with Crippen LogP contribution >= 0.6 is 0 Å². The molecule has 1 amide bonds. The molecule has 7 heteroatoms. The van der Waals surface area contributed by atoms with Crippen molar-refractivity contribution in [3.05, 3.63) is 42.0 Å². The number of halogens is 1. The van der Waals surface area contributed by atoms with E-state index in [0.717, 1.165) is 0 Å². The standard InChI is InChI=1S/C17H22FN3O3/c1-20(2)16(22)11-21(8-9-23-3)10-15-12-24-17(19-15)13-4-6-14(18)7-5-13/h4-7,12H,8-11H2,1-3H3. The molecule has 130 valence electrons. The highest BCUT2D eigenvalue weighted by molar-refractivity contribution is 5.77. The largest absolute Gasteiger partial charge is 0.444 e. The van der Waals surface area contributed by atoms with Crippen LogP contribution in [0.3, 0.4) is 0 Å². The Bertz CT molecular complexity index is 655. The number of hydrogen-bond donors (Lipinski definition) is 0. The molecule has 0 unspecified atom stereocenters. The third kappa shape index (κ3) is 5.14. The fourth-order valence-electron chi connectivity index (χ4n) is 2.10. The number of ether oxygens (including phenoxy) is 1. The van der Waals surface area contributed by atoms with Gasteiger partial charge in [-0.2, -0.15) is 0 Å². The van der Waals surface area contributed by atoms with Crippen LogP contribution in [-0.4, -0.2) is 61.6 Å². The lowest BCUT2D eigenvalue weighted by atomic mass is 10.2. The van der Waals surface area contributed by atoms with Gasteiger partial charge in [-0.25, -0.2) is 9.37 Å². The van der Waals surface area contributed by atoms with Crippen LogP contribution in [0.15, 0.2) is 34.9 Å². The summed E-state index contributed by atoms with van der Waals surface area (Å²) >= 11 is 0. The van der Waals surface area contributed by atoms with Crippen LogP contribution in [0.1, 0.15) is 5.69 Å². The Morgan fingerprint density at radius 2 is 2.00 bits per heavy atom. The van der Waals surface area contributed by atoms with E-state index in [4.69, 9.17) is 9.15 Å². The first-order valence-corrected chi connectivity index (χ1v) is 7.61. The van der Waals surface area contributed by atoms with Crippen molar-refractivity contribution in [3.63, 3.8) is 0 Å². The van der Waals surface area contributed by atoms with Gasteiger partial charge in [-0.05, 0) is 24.3 Å². The number of aromatic nitrogens is 1. The number of nitrogens with zero attached hydrogens (tertiary/aromatic N) is 3. The first-order valence-electron chi connectivity index (χ1n) is 7.61. The van der Waals surface area contributed by atoms with E-state index in [9.17, 15) is 9.18 Å². The second-order valence-corrected chi connectivity index (χ2v) is 5.64. The van der Waals surface area contributed by atoms with Crippen molar-refractivity contribution in [1.82, 2.24) is 14.8 Å². The number of benzene rings is 1. The quantitative estimate of drug-likeness (QED) is 0.739. The molecule has 0 atom stereocenters. The number of likely N-dealkylation sites (N-methyl/N-ethyl adjacent to an activating group) is 1. The molecular formula is C17H22FN3O3. The maximum atomic E-state index is 13.0. The summed E-state index contributed by atoms with van der Waals surface area (Å²) in [7, 11) is 5.06. The highest BCUT2D eigenvalue weighted by Gasteiger charge is 2.15. The summed E-state index contributed by atoms with van der Waals surface area (Å²) in [6.45, 7) is 1.86. The predicted molar refractivity (Wildman–Crippen MR) is 87.7 cm³/mol. The first kappa shape index (κ1) is 18.1. The second-order valence-electron chi connectivity index (χ2n) is 5.64. The maximum Gasteiger partial charge on any atom is 0.236 e. The lowest BCUT2D eigenvalue weighted by molar-refractivity contribution is -0.130. The zero-order chi connectivity index (χ0) is 17.5. The zero-order valence-electron chi connectivity index (χ0n) is 14.2. The van der Waals surface area contributed by atoms with Gasteiger partial charge in [0.1, 0.15) is 12.1 Å². The lowest BCUT2D eigenvalue weighted by Gasteiger charge is -2.22. The van der Waals surface area contributed by atoms with Crippen LogP contribution in [0, 0.1) is 5.82 Å². The molecule has 0 aliphatic heterocycles. The number of rotatable bonds is 8. The van der Waals surface area contributed by atoms with E-state index >= 15 is 0 Å². The molecule has 1 aromatic heterocycles. The number of amides is 1. The number of hydrogen-bond acceptors (Lipinski definition) is 5. The normalized spacial score (nSPS) is 11.0. The van der Waals surface area contributed by atoms with Gasteiger partial charge in [0.2, 0.25) is 11.8 Å². The van der Waals surface area contributed by atoms with Crippen LogP contribution < -0.4 is 0 Å². The highest BCUT2D eigenvalue weighted by Crippen LogP contribution is 2.19. The van der Waals surface area contributed by atoms with Gasteiger partial charge >= 0.3 is 0 Å². The summed E-state index contributed by atoms with van der Waals surface area (Å²) < 4.78 is 23.5. The van der Waals surface area contributed by atoms with Gasteiger partial charge in [0.15, 0.2) is 0 Å². The average Bonchev–Trinajstić information content (AvgIpc) is 3.01. The van der Waals surface area contributed by atoms with Crippen molar-refractivity contribution in [2.24, 2.45) is 0 Å². The Kier molecular flexibility index (Phi) is 6.45. The van der Waals surface area contributed by atoms with E-state index in [1.165, 1.54) is 12.1 Å². The van der Waals surface area contributed by atoms with E-state index in [1.54, 1.807) is 44.5 Å². The van der Waals surface area contributed by atoms with Gasteiger partial charge in [0.25, 0.3) is 0 Å². The minimum Gasteiger partial charge on any atom is -0.444 e. The van der Waals surface area contributed by atoms with E-state index in [-0.39, 0.29) is 18.3 Å². The third-order valence-electron chi connectivity index (χ3n) is 3.50. The second kappa shape index (κ2) is 8.56. The Labute approximate surface area is 140 Å². The van der Waals surface area contributed by atoms with Crippen LogP contribution in [0.2, 0.25) is 0 Å². The summed E-state index contributed by atoms with van der Waals surface area (Å²) in [5, 5.41) is 0. The Balaban J connectivity index is 2.05. The van der Waals surface area contributed by atoms with Gasteiger partial charge in [-0.1, -0.05) is 0 Å². The molecule has 0 spiro atoms. The summed E-state index contributed by atoms with van der Waals surface area (Å²) in [5.74, 6) is 0.127. The molecule has 1 aromatic carbocycles. The molecule has 2 rings (SSSR count). The minimum atomic E-state index is -0.307. The van der Waals surface area contributed by atoms with Crippen LogP contribution in [0.25, 0.3) is 11.5 Å². The number of methoxy groups -OCH3 is 1. The molecule has 0 radical (unpaired) electrons. The molecule has 0 N–H and O–H groups in total. The van der Waals surface area contributed by atoms with E-state index in [0.29, 0.717) is 36.8 Å². The van der Waals surface area contributed by atoms with Gasteiger partial charge in [0.05, 0.1) is 18.8 Å². The number of carbonyl (C=O) groups is 1. The van der Waals surface area contributed by atoms with Crippen molar-refractivity contribution in [3.8, 4) is 11.5 Å². The molecule has 0 saturated carbocycles. The molecule has 2 aromatic rings. The summed E-state index contributed by atoms with van der Waals surface area (Å²) in [4.78, 5) is 19.8. The fraction of sp³-hybridized carbons (Fsp3) is 0.412. The molecule has 1 heterocycles. The molecule has 24 heavy (non-hydrogen) atoms. The lowest BCUT2D eigenvalue weighted by Crippen LogP contribution is -2.38. The maximum absolute atomic E-state index is 13.0. The first-order chi connectivity index (χ1) is 11.5. The summed E-state index contributed by atoms with van der Waals surface area (Å²) in [6, 6.07) is 5.95.